The maximum Gasteiger partial charge on any atom is 0.180 e. The second-order valence-electron chi connectivity index (χ2n) is 6.05. The van der Waals surface area contributed by atoms with Crippen molar-refractivity contribution in [3.05, 3.63) is 30.7 Å². The van der Waals surface area contributed by atoms with E-state index in [0.717, 1.165) is 41.7 Å². The molecule has 1 aliphatic rings. The molecule has 23 heavy (non-hydrogen) atoms. The Morgan fingerprint density at radius 2 is 2.13 bits per heavy atom. The summed E-state index contributed by atoms with van der Waals surface area (Å²) in [6, 6.07) is 3.78. The van der Waals surface area contributed by atoms with E-state index in [2.05, 4.69) is 20.4 Å². The molecule has 0 aliphatic heterocycles. The first-order valence-corrected chi connectivity index (χ1v) is 7.70. The summed E-state index contributed by atoms with van der Waals surface area (Å²) in [4.78, 5) is 13.5. The number of anilines is 1. The normalized spacial score (nSPS) is 16.3. The molecule has 1 aliphatic carbocycles. The summed E-state index contributed by atoms with van der Waals surface area (Å²) in [6.07, 6.45) is 8.19. The zero-order chi connectivity index (χ0) is 15.9. The lowest BCUT2D eigenvalue weighted by atomic mass is 9.77. The Kier molecular flexibility index (Phi) is 3.23. The van der Waals surface area contributed by atoms with E-state index in [1.165, 1.54) is 0 Å². The molecule has 2 N–H and O–H groups in total. The predicted molar refractivity (Wildman–Crippen MR) is 86.8 cm³/mol. The van der Waals surface area contributed by atoms with Gasteiger partial charge in [-0.05, 0) is 31.4 Å². The van der Waals surface area contributed by atoms with Gasteiger partial charge in [-0.2, -0.15) is 5.10 Å². The molecule has 7 nitrogen and oxygen atoms in total. The summed E-state index contributed by atoms with van der Waals surface area (Å²) in [5, 5.41) is 18.3. The van der Waals surface area contributed by atoms with E-state index >= 15 is 0 Å². The summed E-state index contributed by atoms with van der Waals surface area (Å²) in [6.45, 7) is 0.102. The molecule has 118 valence electrons. The topological polar surface area (TPSA) is 88.8 Å². The van der Waals surface area contributed by atoms with E-state index in [-0.39, 0.29) is 12.1 Å². The monoisotopic (exact) mass is 310 g/mol. The van der Waals surface area contributed by atoms with E-state index in [0.29, 0.717) is 5.82 Å². The van der Waals surface area contributed by atoms with Crippen molar-refractivity contribution in [3.8, 4) is 11.5 Å². The highest BCUT2D eigenvalue weighted by Crippen LogP contribution is 2.36. The van der Waals surface area contributed by atoms with Crippen molar-refractivity contribution in [2.24, 2.45) is 7.05 Å². The average Bonchev–Trinajstić information content (AvgIpc) is 2.96. The van der Waals surface area contributed by atoms with E-state index < -0.39 is 0 Å². The lowest BCUT2D eigenvalue weighted by molar-refractivity contribution is 0.144. The van der Waals surface area contributed by atoms with Crippen LogP contribution in [0.1, 0.15) is 19.3 Å². The van der Waals surface area contributed by atoms with Crippen molar-refractivity contribution in [2.45, 2.75) is 24.8 Å². The summed E-state index contributed by atoms with van der Waals surface area (Å²) >= 11 is 0. The van der Waals surface area contributed by atoms with Gasteiger partial charge in [0, 0.05) is 24.8 Å². The maximum atomic E-state index is 9.73. The van der Waals surface area contributed by atoms with Gasteiger partial charge in [0.2, 0.25) is 0 Å². The van der Waals surface area contributed by atoms with Gasteiger partial charge in [-0.25, -0.2) is 9.97 Å². The molecule has 0 aromatic carbocycles. The zero-order valence-corrected chi connectivity index (χ0v) is 12.9. The molecule has 0 radical (unpaired) electrons. The molecule has 1 saturated carbocycles. The molecule has 7 heteroatoms. The smallest absolute Gasteiger partial charge is 0.180 e. The fraction of sp³-hybridized carbons (Fsp3) is 0.375. The van der Waals surface area contributed by atoms with Crippen LogP contribution in [-0.4, -0.2) is 42.0 Å². The highest BCUT2D eigenvalue weighted by atomic mass is 16.3. The van der Waals surface area contributed by atoms with Crippen LogP contribution in [0.4, 0.5) is 5.82 Å². The minimum Gasteiger partial charge on any atom is -0.394 e. The molecule has 0 atom stereocenters. The third kappa shape index (κ3) is 2.33. The van der Waals surface area contributed by atoms with Crippen LogP contribution in [0.3, 0.4) is 0 Å². The first kappa shape index (κ1) is 14.1. The van der Waals surface area contributed by atoms with E-state index in [1.54, 1.807) is 23.3 Å². The minimum absolute atomic E-state index is 0.102. The fourth-order valence-electron chi connectivity index (χ4n) is 2.96. The third-order valence-electron chi connectivity index (χ3n) is 4.55. The average molecular weight is 310 g/mol. The number of nitrogens with one attached hydrogen (secondary N) is 1. The minimum atomic E-state index is -0.270. The number of aliphatic hydroxyl groups excluding tert-OH is 1. The van der Waals surface area contributed by atoms with Gasteiger partial charge in [0.05, 0.1) is 23.9 Å². The van der Waals surface area contributed by atoms with Gasteiger partial charge in [0.25, 0.3) is 0 Å². The van der Waals surface area contributed by atoms with Gasteiger partial charge < -0.3 is 10.4 Å². The second kappa shape index (κ2) is 5.27. The summed E-state index contributed by atoms with van der Waals surface area (Å²) in [7, 11) is 1.86. The van der Waals surface area contributed by atoms with Crippen LogP contribution < -0.4 is 5.32 Å². The Bertz CT molecular complexity index is 849. The van der Waals surface area contributed by atoms with Crippen molar-refractivity contribution < 1.29 is 5.11 Å². The molecule has 4 rings (SSSR count). The molecule has 3 heterocycles. The van der Waals surface area contributed by atoms with E-state index in [1.807, 2.05) is 19.2 Å². The Labute approximate surface area is 133 Å². The number of aryl methyl sites for hydroxylation is 1. The van der Waals surface area contributed by atoms with Crippen molar-refractivity contribution in [1.82, 2.24) is 24.7 Å². The molecule has 1 fully saturated rings. The van der Waals surface area contributed by atoms with Crippen molar-refractivity contribution in [2.75, 3.05) is 11.9 Å². The molecule has 0 amide bonds. The fourth-order valence-corrected chi connectivity index (χ4v) is 2.96. The Balaban J connectivity index is 1.86. The van der Waals surface area contributed by atoms with Crippen LogP contribution in [-0.2, 0) is 7.05 Å². The Hall–Kier alpha value is -2.54. The van der Waals surface area contributed by atoms with Crippen LogP contribution in [0.2, 0.25) is 0 Å². The third-order valence-corrected chi connectivity index (χ3v) is 4.55. The lowest BCUT2D eigenvalue weighted by Gasteiger charge is -2.41. The highest BCUT2D eigenvalue weighted by Gasteiger charge is 2.37. The first-order valence-electron chi connectivity index (χ1n) is 7.70. The summed E-state index contributed by atoms with van der Waals surface area (Å²) in [5.41, 5.74) is 1.34. The SMILES string of the molecule is Cn1nccc1-c1nc(NC2(CO)CCC2)c2ccncc2n1. The number of fused-ring (bicyclic) bond motifs is 1. The molecule has 0 bridgehead atoms. The van der Waals surface area contributed by atoms with Gasteiger partial charge in [0.1, 0.15) is 11.5 Å². The summed E-state index contributed by atoms with van der Waals surface area (Å²) in [5.74, 6) is 1.34. The molecule has 0 spiro atoms. The van der Waals surface area contributed by atoms with Crippen molar-refractivity contribution in [1.29, 1.82) is 0 Å². The standard InChI is InChI=1S/C16H18N6O/c1-22-13(4-8-18-22)15-19-12-9-17-7-3-11(12)14(20-15)21-16(10-23)5-2-6-16/h3-4,7-9,23H,2,5-6,10H2,1H3,(H,19,20,21). The molecular weight excluding hydrogens is 292 g/mol. The van der Waals surface area contributed by atoms with Gasteiger partial charge in [0.15, 0.2) is 5.82 Å². The van der Waals surface area contributed by atoms with Crippen LogP contribution in [0, 0.1) is 0 Å². The first-order chi connectivity index (χ1) is 11.2. The van der Waals surface area contributed by atoms with Crippen LogP contribution in [0.5, 0.6) is 0 Å². The number of nitrogens with zero attached hydrogens (tertiary/aromatic N) is 5. The largest absolute Gasteiger partial charge is 0.394 e. The van der Waals surface area contributed by atoms with Gasteiger partial charge >= 0.3 is 0 Å². The number of aliphatic hydroxyl groups is 1. The van der Waals surface area contributed by atoms with Gasteiger partial charge in [-0.3, -0.25) is 9.67 Å². The molecular formula is C16H18N6O. The second-order valence-corrected chi connectivity index (χ2v) is 6.05. The molecule has 0 saturated heterocycles. The van der Waals surface area contributed by atoms with E-state index in [9.17, 15) is 5.11 Å². The van der Waals surface area contributed by atoms with Gasteiger partial charge in [-0.15, -0.1) is 0 Å². The quantitative estimate of drug-likeness (QED) is 0.763. The number of hydrogen-bond acceptors (Lipinski definition) is 6. The number of rotatable bonds is 4. The molecule has 0 unspecified atom stereocenters. The van der Waals surface area contributed by atoms with Crippen LogP contribution in [0.15, 0.2) is 30.7 Å². The van der Waals surface area contributed by atoms with Crippen LogP contribution in [0.25, 0.3) is 22.4 Å². The highest BCUT2D eigenvalue weighted by molar-refractivity contribution is 5.90. The number of pyridine rings is 1. The zero-order valence-electron chi connectivity index (χ0n) is 12.9. The van der Waals surface area contributed by atoms with E-state index in [4.69, 9.17) is 4.98 Å². The Morgan fingerprint density at radius 1 is 1.26 bits per heavy atom. The lowest BCUT2D eigenvalue weighted by Crippen LogP contribution is -2.48. The predicted octanol–water partition coefficient (Wildman–Crippen LogP) is 1.75. The number of hydrogen-bond donors (Lipinski definition) is 2. The number of aromatic nitrogens is 5. The molecule has 3 aromatic rings. The van der Waals surface area contributed by atoms with Crippen LogP contribution >= 0.6 is 0 Å². The van der Waals surface area contributed by atoms with Gasteiger partial charge in [-0.1, -0.05) is 0 Å². The van der Waals surface area contributed by atoms with Crippen molar-refractivity contribution >= 4 is 16.7 Å². The maximum absolute atomic E-state index is 9.73. The van der Waals surface area contributed by atoms with Crippen molar-refractivity contribution in [3.63, 3.8) is 0 Å². The summed E-state index contributed by atoms with van der Waals surface area (Å²) < 4.78 is 1.74. The Morgan fingerprint density at radius 3 is 2.78 bits per heavy atom. The molecule has 3 aromatic heterocycles.